The van der Waals surface area contributed by atoms with Gasteiger partial charge in [0.1, 0.15) is 17.2 Å². The van der Waals surface area contributed by atoms with Gasteiger partial charge in [0.15, 0.2) is 5.96 Å². The van der Waals surface area contributed by atoms with Crippen molar-refractivity contribution in [2.75, 3.05) is 20.8 Å². The predicted octanol–water partition coefficient (Wildman–Crippen LogP) is 2.59. The van der Waals surface area contributed by atoms with E-state index in [4.69, 9.17) is 9.47 Å². The number of hydrogen-bond donors (Lipinski definition) is 3. The summed E-state index contributed by atoms with van der Waals surface area (Å²) in [6, 6.07) is 13.3. The quantitative estimate of drug-likeness (QED) is 0.589. The molecule has 6 heteroatoms. The number of phenols is 1. The Morgan fingerprint density at radius 1 is 1.32 bits per heavy atom. The highest BCUT2D eigenvalue weighted by molar-refractivity contribution is 5.80. The molecule has 0 radical (unpaired) electrons. The fourth-order valence-corrected chi connectivity index (χ4v) is 2.86. The van der Waals surface area contributed by atoms with Crippen LogP contribution >= 0.6 is 0 Å². The van der Waals surface area contributed by atoms with Crippen LogP contribution in [-0.4, -0.2) is 31.8 Å². The van der Waals surface area contributed by atoms with Crippen LogP contribution in [0, 0.1) is 0 Å². The van der Waals surface area contributed by atoms with Crippen molar-refractivity contribution < 1.29 is 14.6 Å². The second-order valence-corrected chi connectivity index (χ2v) is 5.79. The second kappa shape index (κ2) is 7.79. The molecule has 1 aliphatic rings. The summed E-state index contributed by atoms with van der Waals surface area (Å²) < 4.78 is 10.9. The molecule has 6 nitrogen and oxygen atoms in total. The van der Waals surface area contributed by atoms with Crippen molar-refractivity contribution in [1.82, 2.24) is 10.6 Å². The molecule has 0 saturated heterocycles. The number of rotatable bonds is 4. The molecule has 0 aliphatic carbocycles. The molecule has 3 N–H and O–H groups in total. The maximum atomic E-state index is 10.00. The minimum absolute atomic E-state index is 0.134. The molecule has 0 aromatic heterocycles. The fraction of sp³-hybridized carbons (Fsp3) is 0.316. The number of fused-ring (bicyclic) bond motifs is 1. The Bertz CT molecular complexity index is 761. The topological polar surface area (TPSA) is 75.1 Å². The number of nitrogens with zero attached hydrogens (tertiary/aromatic N) is 1. The van der Waals surface area contributed by atoms with Gasteiger partial charge in [-0.05, 0) is 24.3 Å². The van der Waals surface area contributed by atoms with Crippen molar-refractivity contribution >= 4 is 5.96 Å². The molecule has 3 rings (SSSR count). The highest BCUT2D eigenvalue weighted by atomic mass is 16.5. The Balaban J connectivity index is 1.67. The molecule has 1 unspecified atom stereocenters. The minimum atomic E-state index is 0.134. The molecule has 1 atom stereocenters. The number of ether oxygens (including phenoxy) is 2. The first-order valence-electron chi connectivity index (χ1n) is 8.26. The van der Waals surface area contributed by atoms with Crippen molar-refractivity contribution in [1.29, 1.82) is 0 Å². The van der Waals surface area contributed by atoms with E-state index in [-0.39, 0.29) is 11.8 Å². The molecule has 0 fully saturated rings. The third-order valence-corrected chi connectivity index (χ3v) is 4.23. The van der Waals surface area contributed by atoms with E-state index in [9.17, 15) is 5.11 Å². The number of methoxy groups -OCH3 is 1. The first-order chi connectivity index (χ1) is 12.2. The zero-order valence-electron chi connectivity index (χ0n) is 14.5. The molecule has 132 valence electrons. The SMILES string of the molecule is CN=C(NCc1cc(OC)ccc1O)NC1CCOc2ccccc21. The number of phenolic OH excluding ortho intramolecular Hbond substituents is 1. The summed E-state index contributed by atoms with van der Waals surface area (Å²) in [4.78, 5) is 4.28. The van der Waals surface area contributed by atoms with Gasteiger partial charge in [0.25, 0.3) is 0 Å². The summed E-state index contributed by atoms with van der Waals surface area (Å²) >= 11 is 0. The van der Waals surface area contributed by atoms with E-state index in [1.807, 2.05) is 18.2 Å². The Kier molecular flexibility index (Phi) is 5.28. The van der Waals surface area contributed by atoms with Crippen LogP contribution in [-0.2, 0) is 6.54 Å². The van der Waals surface area contributed by atoms with Crippen molar-refractivity contribution in [3.63, 3.8) is 0 Å². The smallest absolute Gasteiger partial charge is 0.191 e. The van der Waals surface area contributed by atoms with E-state index in [0.717, 1.165) is 23.3 Å². The zero-order chi connectivity index (χ0) is 17.6. The highest BCUT2D eigenvalue weighted by Gasteiger charge is 2.21. The molecular formula is C19H23N3O3. The van der Waals surface area contributed by atoms with Crippen LogP contribution in [0.1, 0.15) is 23.6 Å². The van der Waals surface area contributed by atoms with Gasteiger partial charge in [-0.25, -0.2) is 0 Å². The normalized spacial score (nSPS) is 16.6. The van der Waals surface area contributed by atoms with Crippen LogP contribution in [0.2, 0.25) is 0 Å². The van der Waals surface area contributed by atoms with Gasteiger partial charge in [-0.1, -0.05) is 18.2 Å². The van der Waals surface area contributed by atoms with E-state index in [2.05, 4.69) is 21.7 Å². The molecule has 25 heavy (non-hydrogen) atoms. The van der Waals surface area contributed by atoms with Gasteiger partial charge in [-0.2, -0.15) is 0 Å². The lowest BCUT2D eigenvalue weighted by Crippen LogP contribution is -2.40. The molecule has 1 heterocycles. The predicted molar refractivity (Wildman–Crippen MR) is 97.3 cm³/mol. The van der Waals surface area contributed by atoms with Gasteiger partial charge in [-0.15, -0.1) is 0 Å². The average Bonchev–Trinajstić information content (AvgIpc) is 2.66. The number of aliphatic imine (C=N–C) groups is 1. The number of guanidine groups is 1. The van der Waals surface area contributed by atoms with E-state index in [0.29, 0.717) is 24.9 Å². The summed E-state index contributed by atoms with van der Waals surface area (Å²) in [7, 11) is 3.33. The summed E-state index contributed by atoms with van der Waals surface area (Å²) in [6.07, 6.45) is 0.863. The number of nitrogens with one attached hydrogen (secondary N) is 2. The molecule has 0 bridgehead atoms. The number of benzene rings is 2. The molecular weight excluding hydrogens is 318 g/mol. The molecule has 0 spiro atoms. The number of aromatic hydroxyl groups is 1. The molecule has 1 aliphatic heterocycles. The Hall–Kier alpha value is -2.89. The van der Waals surface area contributed by atoms with Gasteiger partial charge < -0.3 is 25.2 Å². The minimum Gasteiger partial charge on any atom is -0.508 e. The molecule has 2 aromatic rings. The summed E-state index contributed by atoms with van der Waals surface area (Å²) in [5, 5.41) is 16.7. The lowest BCUT2D eigenvalue weighted by atomic mass is 10.0. The van der Waals surface area contributed by atoms with Crippen LogP contribution in [0.5, 0.6) is 17.2 Å². The van der Waals surface area contributed by atoms with Crippen molar-refractivity contribution in [3.05, 3.63) is 53.6 Å². The Labute approximate surface area is 147 Å². The van der Waals surface area contributed by atoms with Gasteiger partial charge in [0.2, 0.25) is 0 Å². The molecule has 0 amide bonds. The third kappa shape index (κ3) is 3.96. The average molecular weight is 341 g/mol. The number of hydrogen-bond acceptors (Lipinski definition) is 4. The van der Waals surface area contributed by atoms with Gasteiger partial charge in [0.05, 0.1) is 19.8 Å². The largest absolute Gasteiger partial charge is 0.508 e. The molecule has 2 aromatic carbocycles. The summed E-state index contributed by atoms with van der Waals surface area (Å²) in [5.41, 5.74) is 1.87. The van der Waals surface area contributed by atoms with Gasteiger partial charge in [-0.3, -0.25) is 4.99 Å². The highest BCUT2D eigenvalue weighted by Crippen LogP contribution is 2.31. The summed E-state index contributed by atoms with van der Waals surface area (Å²) in [5.74, 6) is 2.51. The van der Waals surface area contributed by atoms with Crippen molar-refractivity contribution in [2.24, 2.45) is 4.99 Å². The van der Waals surface area contributed by atoms with E-state index < -0.39 is 0 Å². The third-order valence-electron chi connectivity index (χ3n) is 4.23. The lowest BCUT2D eigenvalue weighted by molar-refractivity contribution is 0.261. The summed E-state index contributed by atoms with van der Waals surface area (Å²) in [6.45, 7) is 1.11. The van der Waals surface area contributed by atoms with E-state index in [1.54, 1.807) is 32.4 Å². The van der Waals surface area contributed by atoms with Gasteiger partial charge >= 0.3 is 0 Å². The number of para-hydroxylation sites is 1. The first-order valence-corrected chi connectivity index (χ1v) is 8.26. The lowest BCUT2D eigenvalue weighted by Gasteiger charge is -2.28. The first kappa shape index (κ1) is 17.0. The fourth-order valence-electron chi connectivity index (χ4n) is 2.86. The Morgan fingerprint density at radius 2 is 2.16 bits per heavy atom. The maximum absolute atomic E-state index is 10.00. The van der Waals surface area contributed by atoms with Crippen LogP contribution in [0.25, 0.3) is 0 Å². The van der Waals surface area contributed by atoms with Crippen molar-refractivity contribution in [2.45, 2.75) is 19.0 Å². The standard InChI is InChI=1S/C19H23N3O3/c1-20-19(21-12-13-11-14(24-2)7-8-17(13)23)22-16-9-10-25-18-6-4-3-5-15(16)18/h3-8,11,16,23H,9-10,12H2,1-2H3,(H2,20,21,22). The zero-order valence-corrected chi connectivity index (χ0v) is 14.5. The maximum Gasteiger partial charge on any atom is 0.191 e. The molecule has 0 saturated carbocycles. The second-order valence-electron chi connectivity index (χ2n) is 5.79. The van der Waals surface area contributed by atoms with Gasteiger partial charge in [0, 0.05) is 31.1 Å². The van der Waals surface area contributed by atoms with Crippen LogP contribution in [0.15, 0.2) is 47.5 Å². The van der Waals surface area contributed by atoms with Crippen LogP contribution in [0.3, 0.4) is 0 Å². The van der Waals surface area contributed by atoms with Crippen molar-refractivity contribution in [3.8, 4) is 17.2 Å². The van der Waals surface area contributed by atoms with Crippen LogP contribution < -0.4 is 20.1 Å². The van der Waals surface area contributed by atoms with E-state index in [1.165, 1.54) is 0 Å². The Morgan fingerprint density at radius 3 is 2.96 bits per heavy atom. The van der Waals surface area contributed by atoms with E-state index >= 15 is 0 Å². The van der Waals surface area contributed by atoms with Crippen LogP contribution in [0.4, 0.5) is 0 Å². The monoisotopic (exact) mass is 341 g/mol.